The first kappa shape index (κ1) is 14.3. The van der Waals surface area contributed by atoms with Crippen LogP contribution in [0.15, 0.2) is 78.9 Å². The van der Waals surface area contributed by atoms with Gasteiger partial charge in [0.25, 0.3) is 0 Å². The summed E-state index contributed by atoms with van der Waals surface area (Å²) in [5, 5.41) is 0. The van der Waals surface area contributed by atoms with Gasteiger partial charge in [0, 0.05) is 11.6 Å². The number of carbonyl (C=O) groups excluding carboxylic acids is 2. The second-order valence-electron chi connectivity index (χ2n) is 5.66. The maximum absolute atomic E-state index is 12.2. The number of allylic oxidation sites excluding steroid dienone is 2. The molecule has 24 heavy (non-hydrogen) atoms. The molecule has 0 amide bonds. The molecule has 0 aromatic heterocycles. The Labute approximate surface area is 140 Å². The molecule has 0 spiro atoms. The van der Waals surface area contributed by atoms with Gasteiger partial charge in [0.2, 0.25) is 0 Å². The minimum atomic E-state index is -0.249. The Morgan fingerprint density at radius 3 is 1.62 bits per heavy atom. The van der Waals surface area contributed by atoms with Crippen LogP contribution in [0.1, 0.15) is 20.7 Å². The van der Waals surface area contributed by atoms with Crippen molar-refractivity contribution in [2.75, 3.05) is 0 Å². The molecular weight excluding hydrogens is 296 g/mol. The van der Waals surface area contributed by atoms with Crippen molar-refractivity contribution in [1.29, 1.82) is 0 Å². The molecule has 0 fully saturated rings. The fourth-order valence-electron chi connectivity index (χ4n) is 2.99. The van der Waals surface area contributed by atoms with E-state index in [0.29, 0.717) is 11.1 Å². The van der Waals surface area contributed by atoms with E-state index in [9.17, 15) is 9.59 Å². The highest BCUT2D eigenvalue weighted by atomic mass is 16.1. The van der Waals surface area contributed by atoms with E-state index in [1.54, 1.807) is 0 Å². The Bertz CT molecular complexity index is 887. The monoisotopic (exact) mass is 309 g/mol. The average molecular weight is 309 g/mol. The minimum Gasteiger partial charge on any atom is -0.246 e. The maximum Gasteiger partial charge on any atom is 0.347 e. The molecule has 0 heterocycles. The molecule has 2 heteroatoms. The van der Waals surface area contributed by atoms with Crippen LogP contribution >= 0.6 is 0 Å². The van der Waals surface area contributed by atoms with Crippen LogP contribution in [0.25, 0.3) is 22.3 Å². The fraction of sp³-hybridized carbons (Fsp3) is 0. The summed E-state index contributed by atoms with van der Waals surface area (Å²) in [5.41, 5.74) is 4.76. The van der Waals surface area contributed by atoms with Gasteiger partial charge in [-0.15, -0.1) is 0 Å². The third kappa shape index (κ3) is 2.36. The van der Waals surface area contributed by atoms with E-state index in [1.165, 1.54) is 6.08 Å². The zero-order valence-corrected chi connectivity index (χ0v) is 12.8. The summed E-state index contributed by atoms with van der Waals surface area (Å²) < 4.78 is 0. The number of rotatable bonds is 2. The third-order valence-corrected chi connectivity index (χ3v) is 4.17. The van der Waals surface area contributed by atoms with Gasteiger partial charge >= 0.3 is 11.6 Å². The molecular formula is C22H13O2+. The Balaban J connectivity index is 2.03. The van der Waals surface area contributed by atoms with Gasteiger partial charge in [-0.25, -0.2) is 9.59 Å². The first-order chi connectivity index (χ1) is 11.7. The van der Waals surface area contributed by atoms with Gasteiger partial charge in [0.15, 0.2) is 6.08 Å². The second kappa shape index (κ2) is 5.69. The summed E-state index contributed by atoms with van der Waals surface area (Å²) in [6, 6.07) is 23.4. The van der Waals surface area contributed by atoms with E-state index in [-0.39, 0.29) is 11.6 Å². The molecule has 0 radical (unpaired) electrons. The lowest BCUT2D eigenvalue weighted by Gasteiger charge is -2.12. The van der Waals surface area contributed by atoms with Crippen molar-refractivity contribution < 1.29 is 9.59 Å². The Morgan fingerprint density at radius 2 is 1.08 bits per heavy atom. The quantitative estimate of drug-likeness (QED) is 0.640. The number of Topliss-reactive ketones (excluding diaryl/α,β-unsaturated/α-hetero) is 1. The van der Waals surface area contributed by atoms with E-state index >= 15 is 0 Å². The Hall–Kier alpha value is -3.35. The SMILES string of the molecule is O=C1[C+]=CC(=O)c2cc(-c3ccccc3)c(-c3ccccc3)cc21. The van der Waals surface area contributed by atoms with Crippen LogP contribution in [-0.4, -0.2) is 11.6 Å². The lowest BCUT2D eigenvalue weighted by Crippen LogP contribution is -2.12. The van der Waals surface area contributed by atoms with Crippen molar-refractivity contribution in [3.63, 3.8) is 0 Å². The highest BCUT2D eigenvalue weighted by Gasteiger charge is 2.31. The largest absolute Gasteiger partial charge is 0.347 e. The van der Waals surface area contributed by atoms with Crippen molar-refractivity contribution >= 4 is 11.6 Å². The van der Waals surface area contributed by atoms with E-state index in [1.807, 2.05) is 72.8 Å². The lowest BCUT2D eigenvalue weighted by atomic mass is 9.86. The molecule has 4 rings (SSSR count). The van der Waals surface area contributed by atoms with Gasteiger partial charge in [-0.1, -0.05) is 60.7 Å². The summed E-state index contributed by atoms with van der Waals surface area (Å²) in [6.07, 6.45) is 3.74. The number of fused-ring (bicyclic) bond motifs is 1. The first-order valence-corrected chi connectivity index (χ1v) is 7.71. The molecule has 1 aliphatic rings. The number of benzene rings is 3. The smallest absolute Gasteiger partial charge is 0.246 e. The molecule has 112 valence electrons. The van der Waals surface area contributed by atoms with Gasteiger partial charge < -0.3 is 0 Å². The van der Waals surface area contributed by atoms with Crippen LogP contribution < -0.4 is 0 Å². The van der Waals surface area contributed by atoms with Gasteiger partial charge in [-0.2, -0.15) is 0 Å². The predicted octanol–water partition coefficient (Wildman–Crippen LogP) is 4.76. The third-order valence-electron chi connectivity index (χ3n) is 4.17. The zero-order valence-electron chi connectivity index (χ0n) is 12.8. The molecule has 2 nitrogen and oxygen atoms in total. The highest BCUT2D eigenvalue weighted by molar-refractivity contribution is 6.21. The van der Waals surface area contributed by atoms with Crippen molar-refractivity contribution in [2.24, 2.45) is 0 Å². The summed E-state index contributed by atoms with van der Waals surface area (Å²) >= 11 is 0. The molecule has 0 saturated heterocycles. The molecule has 0 unspecified atom stereocenters. The number of carbonyl (C=O) groups is 2. The molecule has 0 atom stereocenters. The summed E-state index contributed by atoms with van der Waals surface area (Å²) in [5.74, 6) is -0.428. The lowest BCUT2D eigenvalue weighted by molar-refractivity contribution is 0.0988. The highest BCUT2D eigenvalue weighted by Crippen LogP contribution is 2.35. The van der Waals surface area contributed by atoms with Crippen LogP contribution in [0.2, 0.25) is 0 Å². The van der Waals surface area contributed by atoms with Gasteiger partial charge in [-0.05, 0) is 22.8 Å². The van der Waals surface area contributed by atoms with E-state index in [2.05, 4.69) is 6.08 Å². The second-order valence-corrected chi connectivity index (χ2v) is 5.66. The van der Waals surface area contributed by atoms with Crippen LogP contribution in [0.4, 0.5) is 0 Å². The van der Waals surface area contributed by atoms with Crippen molar-refractivity contribution in [2.45, 2.75) is 0 Å². The van der Waals surface area contributed by atoms with Gasteiger partial charge in [-0.3, -0.25) is 0 Å². The van der Waals surface area contributed by atoms with E-state index in [4.69, 9.17) is 0 Å². The maximum atomic E-state index is 12.2. The molecule has 0 aliphatic heterocycles. The number of hydrogen-bond donors (Lipinski definition) is 0. The zero-order chi connectivity index (χ0) is 16.5. The average Bonchev–Trinajstić information content (AvgIpc) is 2.65. The molecule has 3 aromatic rings. The fourth-order valence-corrected chi connectivity index (χ4v) is 2.99. The normalized spacial score (nSPS) is 12.7. The van der Waals surface area contributed by atoms with Gasteiger partial charge in [0.1, 0.15) is 11.1 Å². The summed E-state index contributed by atoms with van der Waals surface area (Å²) in [4.78, 5) is 24.4. The van der Waals surface area contributed by atoms with Crippen LogP contribution in [0.5, 0.6) is 0 Å². The van der Waals surface area contributed by atoms with E-state index in [0.717, 1.165) is 22.3 Å². The Kier molecular flexibility index (Phi) is 3.38. The first-order valence-electron chi connectivity index (χ1n) is 7.71. The predicted molar refractivity (Wildman–Crippen MR) is 93.8 cm³/mol. The number of hydrogen-bond acceptors (Lipinski definition) is 2. The van der Waals surface area contributed by atoms with Crippen molar-refractivity contribution in [1.82, 2.24) is 0 Å². The van der Waals surface area contributed by atoms with Crippen molar-refractivity contribution in [3.05, 3.63) is 96.1 Å². The molecule has 3 aromatic carbocycles. The minimum absolute atomic E-state index is 0.179. The summed E-state index contributed by atoms with van der Waals surface area (Å²) in [6.45, 7) is 0. The van der Waals surface area contributed by atoms with Crippen molar-refractivity contribution in [3.8, 4) is 22.3 Å². The molecule has 0 saturated carbocycles. The number of ketones is 2. The standard InChI is InChI=1S/C22H13O2/c23-21-11-12-22(24)20-14-18(16-9-5-2-6-10-16)17(13-19(20)21)15-7-3-1-4-8-15/h1-11,13-14H/q+1. The topological polar surface area (TPSA) is 34.1 Å². The van der Waals surface area contributed by atoms with Crippen LogP contribution in [-0.2, 0) is 0 Å². The molecule has 0 N–H and O–H groups in total. The van der Waals surface area contributed by atoms with Gasteiger partial charge in [0.05, 0.1) is 6.08 Å². The molecule has 0 bridgehead atoms. The van der Waals surface area contributed by atoms with Crippen LogP contribution in [0.3, 0.4) is 0 Å². The summed E-state index contributed by atoms with van der Waals surface area (Å²) in [7, 11) is 0. The molecule has 1 aliphatic carbocycles. The Morgan fingerprint density at radius 1 is 0.583 bits per heavy atom. The van der Waals surface area contributed by atoms with Crippen LogP contribution in [0, 0.1) is 6.08 Å². The van der Waals surface area contributed by atoms with E-state index < -0.39 is 0 Å².